The topological polar surface area (TPSA) is 27.7 Å². The largest absolute Gasteiger partial charge is 0.497 e. The minimum Gasteiger partial charge on any atom is -0.497 e. The van der Waals surface area contributed by atoms with Crippen LogP contribution in [0.1, 0.15) is 53.0 Å². The Bertz CT molecular complexity index is 726. The maximum atomic E-state index is 7.24. The normalized spacial score (nSPS) is 19.3. The van der Waals surface area contributed by atoms with E-state index in [2.05, 4.69) is 96.0 Å². The van der Waals surface area contributed by atoms with Crippen molar-refractivity contribution in [3.05, 3.63) is 42.5 Å². The molecule has 0 spiro atoms. The summed E-state index contributed by atoms with van der Waals surface area (Å²) < 4.78 is 19.5. The first-order valence-corrected chi connectivity index (χ1v) is 17.7. The van der Waals surface area contributed by atoms with E-state index in [9.17, 15) is 0 Å². The zero-order valence-electron chi connectivity index (χ0n) is 22.8. The van der Waals surface area contributed by atoms with Gasteiger partial charge in [-0.05, 0) is 72.0 Å². The fraction of sp³-hybridized carbons (Fsp3) is 0.714. The Morgan fingerprint density at radius 1 is 1.12 bits per heavy atom. The summed E-state index contributed by atoms with van der Waals surface area (Å²) in [5.74, 6) is 4.63. The summed E-state index contributed by atoms with van der Waals surface area (Å²) in [4.78, 5) is 0. The quantitative estimate of drug-likeness (QED) is 0.191. The molecule has 1 fully saturated rings. The van der Waals surface area contributed by atoms with Crippen LogP contribution in [0, 0.1) is 17.8 Å². The van der Waals surface area contributed by atoms with Crippen LogP contribution < -0.4 is 4.74 Å². The third-order valence-electron chi connectivity index (χ3n) is 7.31. The average Bonchev–Trinajstić information content (AvgIpc) is 2.80. The van der Waals surface area contributed by atoms with Crippen LogP contribution in [0.5, 0.6) is 5.75 Å². The molecule has 2 rings (SSSR count). The second kappa shape index (κ2) is 13.8. The highest BCUT2D eigenvalue weighted by Gasteiger charge is 2.44. The highest BCUT2D eigenvalue weighted by Crippen LogP contribution is 2.44. The van der Waals surface area contributed by atoms with Crippen LogP contribution in [0.4, 0.5) is 0 Å². The first-order valence-electron chi connectivity index (χ1n) is 12.7. The van der Waals surface area contributed by atoms with Crippen molar-refractivity contribution in [2.45, 2.75) is 82.9 Å². The van der Waals surface area contributed by atoms with Gasteiger partial charge >= 0.3 is 0 Å². The fourth-order valence-corrected chi connectivity index (χ4v) is 8.71. The number of benzene rings is 1. The van der Waals surface area contributed by atoms with Gasteiger partial charge in [0.2, 0.25) is 0 Å². The fourth-order valence-electron chi connectivity index (χ4n) is 4.08. The Morgan fingerprint density at radius 2 is 1.74 bits per heavy atom. The minimum absolute atomic E-state index is 0.177. The van der Waals surface area contributed by atoms with Gasteiger partial charge in [0, 0.05) is 5.92 Å². The summed E-state index contributed by atoms with van der Waals surface area (Å²) >= 11 is 4.22. The highest BCUT2D eigenvalue weighted by molar-refractivity contribution is 8.17. The van der Waals surface area contributed by atoms with Gasteiger partial charge in [-0.2, -0.15) is 0 Å². The molecule has 0 aromatic heterocycles. The second-order valence-corrected chi connectivity index (χ2v) is 18.8. The molecule has 0 aliphatic carbocycles. The smallest absolute Gasteiger partial charge is 0.192 e. The zero-order valence-corrected chi connectivity index (χ0v) is 25.4. The lowest BCUT2D eigenvalue weighted by Gasteiger charge is -2.45. The molecule has 194 valence electrons. The summed E-state index contributed by atoms with van der Waals surface area (Å²) in [6.45, 7) is 21.8. The molecule has 0 amide bonds. The number of thioether (sulfide) groups is 2. The van der Waals surface area contributed by atoms with Crippen LogP contribution in [0.2, 0.25) is 18.1 Å². The summed E-state index contributed by atoms with van der Waals surface area (Å²) in [5, 5.41) is 0.177. The number of rotatable bonds is 13. The molecule has 0 saturated carbocycles. The Labute approximate surface area is 219 Å². The molecule has 0 radical (unpaired) electrons. The Hall–Kier alpha value is -0.403. The van der Waals surface area contributed by atoms with Crippen molar-refractivity contribution in [3.63, 3.8) is 0 Å². The van der Waals surface area contributed by atoms with Crippen LogP contribution in [-0.4, -0.2) is 44.2 Å². The monoisotopic (exact) mass is 524 g/mol. The van der Waals surface area contributed by atoms with Crippen molar-refractivity contribution < 1.29 is 13.9 Å². The SMILES string of the molecule is C=C[C@@H](C)C[C@@H](C)[C@@H](O[Si](C)(C)C(C)(C)C)[C@H](COCc1ccc(OC)cc1)C1SCCCS1. The maximum Gasteiger partial charge on any atom is 0.192 e. The first-order chi connectivity index (χ1) is 16.0. The molecule has 1 aliphatic heterocycles. The van der Waals surface area contributed by atoms with Crippen LogP contribution in [-0.2, 0) is 15.8 Å². The first kappa shape index (κ1) is 29.8. The Balaban J connectivity index is 2.25. The van der Waals surface area contributed by atoms with E-state index in [1.165, 1.54) is 23.5 Å². The van der Waals surface area contributed by atoms with Crippen molar-refractivity contribution in [1.82, 2.24) is 0 Å². The number of methoxy groups -OCH3 is 1. The highest BCUT2D eigenvalue weighted by atomic mass is 32.2. The lowest BCUT2D eigenvalue weighted by molar-refractivity contribution is 0.00611. The lowest BCUT2D eigenvalue weighted by Crippen LogP contribution is -2.50. The van der Waals surface area contributed by atoms with Gasteiger partial charge in [0.1, 0.15) is 5.75 Å². The summed E-state index contributed by atoms with van der Waals surface area (Å²) in [6.07, 6.45) is 4.66. The van der Waals surface area contributed by atoms with E-state index < -0.39 is 8.32 Å². The number of hydrogen-bond donors (Lipinski definition) is 0. The third-order valence-corrected chi connectivity index (χ3v) is 15.0. The Morgan fingerprint density at radius 3 is 2.26 bits per heavy atom. The summed E-state index contributed by atoms with van der Waals surface area (Å²) in [5.41, 5.74) is 1.18. The minimum atomic E-state index is -1.95. The van der Waals surface area contributed by atoms with Gasteiger partial charge in [0.25, 0.3) is 0 Å². The van der Waals surface area contributed by atoms with Gasteiger partial charge in [0.05, 0.1) is 31.0 Å². The van der Waals surface area contributed by atoms with Crippen LogP contribution in [0.3, 0.4) is 0 Å². The maximum absolute atomic E-state index is 7.24. The molecule has 3 nitrogen and oxygen atoms in total. The van der Waals surface area contributed by atoms with Gasteiger partial charge < -0.3 is 13.9 Å². The predicted molar refractivity (Wildman–Crippen MR) is 155 cm³/mol. The Kier molecular flexibility index (Phi) is 12.1. The van der Waals surface area contributed by atoms with E-state index in [0.717, 1.165) is 18.8 Å². The number of hydrogen-bond acceptors (Lipinski definition) is 5. The van der Waals surface area contributed by atoms with Crippen LogP contribution in [0.25, 0.3) is 0 Å². The van der Waals surface area contributed by atoms with E-state index in [4.69, 9.17) is 13.9 Å². The standard InChI is InChI=1S/C28H48O3S2Si/c1-10-21(2)18-22(3)26(31-34(8,9)28(4,5)6)25(27-32-16-11-17-33-27)20-30-19-23-12-14-24(29-7)15-13-23/h10,12-15,21-22,25-27H,1,11,16-20H2,2-9H3/t21-,22-,25+,26-/m1/s1. The molecule has 1 aliphatic rings. The zero-order chi connectivity index (χ0) is 25.4. The van der Waals surface area contributed by atoms with Crippen LogP contribution >= 0.6 is 23.5 Å². The molecule has 4 atom stereocenters. The molecule has 0 unspecified atom stereocenters. The summed E-state index contributed by atoms with van der Waals surface area (Å²) in [7, 11) is -0.245. The molecule has 1 heterocycles. The van der Waals surface area contributed by atoms with Gasteiger partial charge in [-0.3, -0.25) is 0 Å². The molecule has 1 aromatic carbocycles. The third kappa shape index (κ3) is 8.92. The van der Waals surface area contributed by atoms with Crippen molar-refractivity contribution in [2.75, 3.05) is 25.2 Å². The van der Waals surface area contributed by atoms with E-state index in [1.54, 1.807) is 7.11 Å². The predicted octanol–water partition coefficient (Wildman–Crippen LogP) is 8.26. The van der Waals surface area contributed by atoms with Gasteiger partial charge in [-0.15, -0.1) is 30.1 Å². The van der Waals surface area contributed by atoms with Gasteiger partial charge in [-0.1, -0.05) is 52.8 Å². The van der Waals surface area contributed by atoms with E-state index in [-0.39, 0.29) is 11.1 Å². The number of allylic oxidation sites excluding steroid dienone is 1. The van der Waals surface area contributed by atoms with Crippen molar-refractivity contribution >= 4 is 31.8 Å². The molecule has 6 heteroatoms. The summed E-state index contributed by atoms with van der Waals surface area (Å²) in [6, 6.07) is 8.20. The molecule has 0 bridgehead atoms. The molecular formula is C28H48O3S2Si. The lowest BCUT2D eigenvalue weighted by atomic mass is 9.87. The van der Waals surface area contributed by atoms with Gasteiger partial charge in [-0.25, -0.2) is 0 Å². The molecule has 0 N–H and O–H groups in total. The molecule has 1 saturated heterocycles. The van der Waals surface area contributed by atoms with Gasteiger partial charge in [0.15, 0.2) is 8.32 Å². The number of ether oxygens (including phenoxy) is 2. The van der Waals surface area contributed by atoms with E-state index in [0.29, 0.717) is 28.9 Å². The molecular weight excluding hydrogens is 477 g/mol. The van der Waals surface area contributed by atoms with Crippen molar-refractivity contribution in [1.29, 1.82) is 0 Å². The van der Waals surface area contributed by atoms with E-state index >= 15 is 0 Å². The van der Waals surface area contributed by atoms with E-state index in [1.807, 2.05) is 12.1 Å². The molecule has 34 heavy (non-hydrogen) atoms. The van der Waals surface area contributed by atoms with Crippen LogP contribution in [0.15, 0.2) is 36.9 Å². The van der Waals surface area contributed by atoms with Crippen molar-refractivity contribution in [2.24, 2.45) is 17.8 Å². The molecule has 1 aromatic rings. The second-order valence-electron chi connectivity index (χ2n) is 11.3. The average molecular weight is 525 g/mol. The van der Waals surface area contributed by atoms with Crippen molar-refractivity contribution in [3.8, 4) is 5.75 Å².